The molecule has 6 heterocycles. The topological polar surface area (TPSA) is 77.3 Å². The molecule has 60 heavy (non-hydrogen) atoms. The highest BCUT2D eigenvalue weighted by atomic mass is 14.8. The normalized spacial score (nSPS) is 11.7. The summed E-state index contributed by atoms with van der Waals surface area (Å²) in [7, 11) is 0. The molecule has 6 aromatic heterocycles. The number of aromatic nitrogens is 6. The summed E-state index contributed by atoms with van der Waals surface area (Å²) in [6.07, 6.45) is 0. The van der Waals surface area contributed by atoms with Crippen molar-refractivity contribution in [1.29, 1.82) is 0 Å². The average Bonchev–Trinajstić information content (AvgIpc) is 3.33. The molecule has 6 nitrogen and oxygen atoms in total. The number of hydrogen-bond donors (Lipinski definition) is 0. The summed E-state index contributed by atoms with van der Waals surface area (Å²) < 4.78 is 0. The first-order valence-corrected chi connectivity index (χ1v) is 20.0. The predicted molar refractivity (Wildman–Crippen MR) is 245 cm³/mol. The van der Waals surface area contributed by atoms with Crippen molar-refractivity contribution in [2.75, 3.05) is 0 Å². The molecule has 0 N–H and O–H groups in total. The molecular formula is C54H32N6. The fraction of sp³-hybridized carbons (Fsp3) is 0. The number of benzene rings is 6. The molecule has 0 saturated heterocycles. The summed E-state index contributed by atoms with van der Waals surface area (Å²) in [4.78, 5) is 30.7. The Balaban J connectivity index is 0.873. The molecule has 0 aliphatic rings. The SMILES string of the molecule is c1ccc(-c2ccc3ccc4ccc(-c5ccc6cc(-c7ccc8ccc(-c9ccc%10ccc%11ccc(-c%12ccccc%12)nc%11c%10n9)nc8c7)ccc6n5)nc4c3n2)cc1. The highest BCUT2D eigenvalue weighted by Gasteiger charge is 2.13. The van der Waals surface area contributed by atoms with E-state index in [4.69, 9.17) is 29.9 Å². The van der Waals surface area contributed by atoms with E-state index in [0.29, 0.717) is 0 Å². The van der Waals surface area contributed by atoms with Crippen LogP contribution >= 0.6 is 0 Å². The first-order chi connectivity index (χ1) is 29.7. The molecule has 278 valence electrons. The second-order valence-corrected chi connectivity index (χ2v) is 15.1. The van der Waals surface area contributed by atoms with Gasteiger partial charge in [0.1, 0.15) is 0 Å². The minimum Gasteiger partial charge on any atom is -0.246 e. The first kappa shape index (κ1) is 33.9. The van der Waals surface area contributed by atoms with Crippen molar-refractivity contribution in [3.63, 3.8) is 0 Å². The van der Waals surface area contributed by atoms with Gasteiger partial charge in [-0.1, -0.05) is 140 Å². The summed E-state index contributed by atoms with van der Waals surface area (Å²) >= 11 is 0. The number of nitrogens with zero attached hydrogens (tertiary/aromatic N) is 6. The van der Waals surface area contributed by atoms with Crippen LogP contribution in [0.3, 0.4) is 0 Å². The molecule has 0 amide bonds. The van der Waals surface area contributed by atoms with Crippen molar-refractivity contribution in [1.82, 2.24) is 29.9 Å². The molecule has 0 atom stereocenters. The van der Waals surface area contributed by atoms with Crippen molar-refractivity contribution in [2.45, 2.75) is 0 Å². The van der Waals surface area contributed by atoms with E-state index in [1.54, 1.807) is 0 Å². The van der Waals surface area contributed by atoms with Gasteiger partial charge in [-0.15, -0.1) is 0 Å². The van der Waals surface area contributed by atoms with Gasteiger partial charge in [0.25, 0.3) is 0 Å². The molecule has 12 aromatic rings. The maximum Gasteiger partial charge on any atom is 0.0973 e. The van der Waals surface area contributed by atoms with Crippen molar-refractivity contribution in [2.24, 2.45) is 0 Å². The number of rotatable bonds is 5. The summed E-state index contributed by atoms with van der Waals surface area (Å²) in [6.45, 7) is 0. The second-order valence-electron chi connectivity index (χ2n) is 15.1. The molecule has 0 bridgehead atoms. The zero-order valence-corrected chi connectivity index (χ0v) is 32.2. The Labute approximate surface area is 344 Å². The van der Waals surface area contributed by atoms with E-state index >= 15 is 0 Å². The summed E-state index contributed by atoms with van der Waals surface area (Å²) in [6, 6.07) is 66.9. The van der Waals surface area contributed by atoms with Gasteiger partial charge >= 0.3 is 0 Å². The Bertz CT molecular complexity index is 3660. The van der Waals surface area contributed by atoms with E-state index in [0.717, 1.165) is 122 Å². The molecule has 0 fully saturated rings. The van der Waals surface area contributed by atoms with Gasteiger partial charge in [0.05, 0.1) is 67.3 Å². The van der Waals surface area contributed by atoms with E-state index < -0.39 is 0 Å². The van der Waals surface area contributed by atoms with Crippen LogP contribution in [-0.2, 0) is 0 Å². The van der Waals surface area contributed by atoms with Crippen molar-refractivity contribution < 1.29 is 0 Å². The summed E-state index contributed by atoms with van der Waals surface area (Å²) in [5, 5.41) is 6.32. The zero-order chi connectivity index (χ0) is 39.6. The monoisotopic (exact) mass is 764 g/mol. The van der Waals surface area contributed by atoms with Crippen LogP contribution < -0.4 is 0 Å². The third-order valence-corrected chi connectivity index (χ3v) is 11.4. The van der Waals surface area contributed by atoms with E-state index in [1.165, 1.54) is 0 Å². The Morgan fingerprint density at radius 3 is 1.07 bits per heavy atom. The molecule has 6 heteroatoms. The third-order valence-electron chi connectivity index (χ3n) is 11.4. The summed E-state index contributed by atoms with van der Waals surface area (Å²) in [5.41, 5.74) is 14.8. The van der Waals surface area contributed by atoms with Gasteiger partial charge in [-0.2, -0.15) is 0 Å². The third kappa shape index (κ3) is 5.89. The van der Waals surface area contributed by atoms with Crippen molar-refractivity contribution in [3.8, 4) is 56.4 Å². The van der Waals surface area contributed by atoms with Gasteiger partial charge in [0.15, 0.2) is 0 Å². The lowest BCUT2D eigenvalue weighted by Crippen LogP contribution is -1.93. The largest absolute Gasteiger partial charge is 0.246 e. The lowest BCUT2D eigenvalue weighted by molar-refractivity contribution is 1.31. The first-order valence-electron chi connectivity index (χ1n) is 20.0. The summed E-state index contributed by atoms with van der Waals surface area (Å²) in [5.74, 6) is 0. The quantitative estimate of drug-likeness (QED) is 0.162. The molecule has 0 spiro atoms. The maximum absolute atomic E-state index is 5.16. The van der Waals surface area contributed by atoms with Crippen LogP contribution in [0.4, 0.5) is 0 Å². The smallest absolute Gasteiger partial charge is 0.0973 e. The standard InChI is InChI=1S/C54H32N6/c1-3-7-33(8-4-1)43-24-18-36-12-14-38-20-28-48(59-53(38)51(36)57-43)46-30-23-42-31-40(22-26-45(42)55-46)41-16-11-35-17-27-47(56-50(35)32-41)49-29-21-39-15-13-37-19-25-44(34-9-5-2-6-10-34)58-52(37)54(39)60-49/h1-32H. The molecule has 0 aliphatic heterocycles. The van der Waals surface area contributed by atoms with Crippen LogP contribution in [0.15, 0.2) is 194 Å². The van der Waals surface area contributed by atoms with Gasteiger partial charge < -0.3 is 0 Å². The van der Waals surface area contributed by atoms with E-state index in [1.807, 2.05) is 48.5 Å². The van der Waals surface area contributed by atoms with E-state index in [9.17, 15) is 0 Å². The van der Waals surface area contributed by atoms with Crippen LogP contribution in [0.2, 0.25) is 0 Å². The van der Waals surface area contributed by atoms with Crippen LogP contribution in [0.5, 0.6) is 0 Å². The van der Waals surface area contributed by atoms with Gasteiger partial charge in [-0.3, -0.25) is 0 Å². The molecule has 12 rings (SSSR count). The van der Waals surface area contributed by atoms with Gasteiger partial charge in [0.2, 0.25) is 0 Å². The second kappa shape index (κ2) is 13.7. The molecule has 6 aromatic carbocycles. The Kier molecular flexibility index (Phi) is 7.74. The maximum atomic E-state index is 5.16. The lowest BCUT2D eigenvalue weighted by atomic mass is 10.0. The minimum atomic E-state index is 0.809. The Hall–Kier alpha value is -8.22. The molecule has 0 aliphatic carbocycles. The van der Waals surface area contributed by atoms with Crippen LogP contribution in [0.25, 0.3) is 122 Å². The minimum absolute atomic E-state index is 0.809. The fourth-order valence-corrected chi connectivity index (χ4v) is 8.25. The molecule has 0 unspecified atom stereocenters. The van der Waals surface area contributed by atoms with Gasteiger partial charge in [-0.05, 0) is 65.7 Å². The van der Waals surface area contributed by atoms with Crippen LogP contribution in [0, 0.1) is 0 Å². The molecular weight excluding hydrogens is 733 g/mol. The van der Waals surface area contributed by atoms with E-state index in [2.05, 4.69) is 146 Å². The van der Waals surface area contributed by atoms with Crippen molar-refractivity contribution >= 4 is 65.4 Å². The zero-order valence-electron chi connectivity index (χ0n) is 32.2. The van der Waals surface area contributed by atoms with Gasteiger partial charge in [-0.25, -0.2) is 29.9 Å². The number of pyridine rings is 6. The fourth-order valence-electron chi connectivity index (χ4n) is 8.25. The Morgan fingerprint density at radius 2 is 0.550 bits per heavy atom. The van der Waals surface area contributed by atoms with Crippen molar-refractivity contribution in [3.05, 3.63) is 194 Å². The highest BCUT2D eigenvalue weighted by Crippen LogP contribution is 2.33. The van der Waals surface area contributed by atoms with Gasteiger partial charge in [0, 0.05) is 43.4 Å². The average molecular weight is 765 g/mol. The molecule has 0 saturated carbocycles. The Morgan fingerprint density at radius 1 is 0.200 bits per heavy atom. The number of fused-ring (bicyclic) bond motifs is 8. The molecule has 0 radical (unpaired) electrons. The lowest BCUT2D eigenvalue weighted by Gasteiger charge is -2.10. The predicted octanol–water partition coefficient (Wildman–Crippen LogP) is 13.3. The van der Waals surface area contributed by atoms with Crippen LogP contribution in [0.1, 0.15) is 0 Å². The number of hydrogen-bond acceptors (Lipinski definition) is 6. The van der Waals surface area contributed by atoms with E-state index in [-0.39, 0.29) is 0 Å². The van der Waals surface area contributed by atoms with Crippen LogP contribution in [-0.4, -0.2) is 29.9 Å². The highest BCUT2D eigenvalue weighted by molar-refractivity contribution is 6.05.